The molecule has 0 spiro atoms. The van der Waals surface area contributed by atoms with Crippen molar-refractivity contribution in [2.75, 3.05) is 0 Å². The zero-order valence-corrected chi connectivity index (χ0v) is 12.8. The van der Waals surface area contributed by atoms with E-state index in [1.165, 1.54) is 0 Å². The Hall–Kier alpha value is -1.84. The zero-order valence-electron chi connectivity index (χ0n) is 12.8. The highest BCUT2D eigenvalue weighted by molar-refractivity contribution is 5.97. The molecular weight excluding hydrogens is 252 g/mol. The van der Waals surface area contributed by atoms with Gasteiger partial charge in [0.25, 0.3) is 0 Å². The average molecular weight is 274 g/mol. The monoisotopic (exact) mass is 274 g/mol. The highest BCUT2D eigenvalue weighted by atomic mass is 16.6. The molecule has 1 aromatic heterocycles. The minimum atomic E-state index is -0.489. The fraction of sp³-hybridized carbons (Fsp3) is 0.500. The molecule has 20 heavy (non-hydrogen) atoms. The van der Waals surface area contributed by atoms with Crippen molar-refractivity contribution in [2.45, 2.75) is 46.6 Å². The molecule has 108 valence electrons. The van der Waals surface area contributed by atoms with E-state index in [0.29, 0.717) is 11.5 Å². The Morgan fingerprint density at radius 3 is 2.65 bits per heavy atom. The summed E-state index contributed by atoms with van der Waals surface area (Å²) >= 11 is 0. The van der Waals surface area contributed by atoms with Crippen LogP contribution in [-0.2, 0) is 11.2 Å². The van der Waals surface area contributed by atoms with Gasteiger partial charge in [0.2, 0.25) is 0 Å². The molecule has 0 radical (unpaired) electrons. The number of H-pyrrole nitrogens is 1. The summed E-state index contributed by atoms with van der Waals surface area (Å²) < 4.78 is 5.50. The van der Waals surface area contributed by atoms with E-state index in [2.05, 4.69) is 24.0 Å². The lowest BCUT2D eigenvalue weighted by molar-refractivity contribution is 0.00685. The number of ether oxygens (including phenoxy) is 1. The lowest BCUT2D eigenvalue weighted by atomic mass is 9.95. The maximum absolute atomic E-state index is 12.4. The number of aromatic nitrogens is 2. The molecule has 0 atom stereocenters. The van der Waals surface area contributed by atoms with Gasteiger partial charge in [0, 0.05) is 5.39 Å². The first-order valence-electron chi connectivity index (χ1n) is 6.96. The number of benzene rings is 1. The molecule has 0 bridgehead atoms. The molecule has 0 unspecified atom stereocenters. The van der Waals surface area contributed by atoms with Crippen LogP contribution in [0.1, 0.15) is 50.5 Å². The second-order valence-electron chi connectivity index (χ2n) is 6.52. The molecule has 0 aliphatic carbocycles. The van der Waals surface area contributed by atoms with Gasteiger partial charge >= 0.3 is 5.97 Å². The van der Waals surface area contributed by atoms with Gasteiger partial charge < -0.3 is 4.74 Å². The van der Waals surface area contributed by atoms with Crippen molar-refractivity contribution in [3.05, 3.63) is 29.5 Å². The molecule has 2 aromatic rings. The van der Waals surface area contributed by atoms with Crippen molar-refractivity contribution in [3.8, 4) is 0 Å². The Labute approximate surface area is 119 Å². The predicted octanol–water partition coefficient (Wildman–Crippen LogP) is 3.72. The number of carbonyl (C=O) groups excluding carboxylic acids is 1. The number of hydrogen-bond donors (Lipinski definition) is 1. The highest BCUT2D eigenvalue weighted by Gasteiger charge is 2.22. The van der Waals surface area contributed by atoms with E-state index < -0.39 is 5.60 Å². The standard InChI is InChI=1S/C16H22N2O2/c1-10(2)8-12-11(15(19)20-16(3,4)5)6-7-14-13(12)9-17-18-14/h6-7,9-10H,8H2,1-5H3,(H,17,18). The van der Waals surface area contributed by atoms with Crippen LogP contribution in [-0.4, -0.2) is 21.8 Å². The van der Waals surface area contributed by atoms with Crippen molar-refractivity contribution in [1.82, 2.24) is 10.2 Å². The van der Waals surface area contributed by atoms with Gasteiger partial charge in [0.05, 0.1) is 17.3 Å². The molecule has 0 saturated carbocycles. The third-order valence-corrected chi connectivity index (χ3v) is 2.97. The number of nitrogens with zero attached hydrogens (tertiary/aromatic N) is 1. The maximum Gasteiger partial charge on any atom is 0.338 e. The summed E-state index contributed by atoms with van der Waals surface area (Å²) in [7, 11) is 0. The fourth-order valence-corrected chi connectivity index (χ4v) is 2.23. The molecule has 4 nitrogen and oxygen atoms in total. The third-order valence-electron chi connectivity index (χ3n) is 2.97. The summed E-state index contributed by atoms with van der Waals surface area (Å²) in [6.45, 7) is 9.91. The predicted molar refractivity (Wildman–Crippen MR) is 79.8 cm³/mol. The third kappa shape index (κ3) is 3.18. The lowest BCUT2D eigenvalue weighted by Gasteiger charge is -2.21. The first kappa shape index (κ1) is 14.6. The molecule has 0 amide bonds. The van der Waals surface area contributed by atoms with Crippen LogP contribution >= 0.6 is 0 Å². The minimum Gasteiger partial charge on any atom is -0.456 e. The van der Waals surface area contributed by atoms with Crippen molar-refractivity contribution in [3.63, 3.8) is 0 Å². The van der Waals surface area contributed by atoms with Crippen molar-refractivity contribution < 1.29 is 9.53 Å². The van der Waals surface area contributed by atoms with E-state index in [0.717, 1.165) is 22.9 Å². The van der Waals surface area contributed by atoms with Crippen LogP contribution in [0.4, 0.5) is 0 Å². The van der Waals surface area contributed by atoms with E-state index in [1.54, 1.807) is 6.20 Å². The smallest absolute Gasteiger partial charge is 0.338 e. The lowest BCUT2D eigenvalue weighted by Crippen LogP contribution is -2.24. The van der Waals surface area contributed by atoms with E-state index in [1.807, 2.05) is 32.9 Å². The maximum atomic E-state index is 12.4. The second-order valence-corrected chi connectivity index (χ2v) is 6.52. The molecule has 1 N–H and O–H groups in total. The molecule has 2 rings (SSSR count). The minimum absolute atomic E-state index is 0.267. The molecule has 0 saturated heterocycles. The molecule has 0 aliphatic rings. The van der Waals surface area contributed by atoms with Crippen molar-refractivity contribution in [2.24, 2.45) is 5.92 Å². The summed E-state index contributed by atoms with van der Waals surface area (Å²) in [4.78, 5) is 12.4. The van der Waals surface area contributed by atoms with Gasteiger partial charge in [-0.1, -0.05) is 13.8 Å². The SMILES string of the molecule is CC(C)Cc1c(C(=O)OC(C)(C)C)ccc2[nH]ncc12. The first-order chi connectivity index (χ1) is 9.28. The fourth-order valence-electron chi connectivity index (χ4n) is 2.23. The molecule has 1 aromatic carbocycles. The second kappa shape index (κ2) is 5.27. The van der Waals surface area contributed by atoms with Crippen LogP contribution in [0.15, 0.2) is 18.3 Å². The average Bonchev–Trinajstić information content (AvgIpc) is 2.74. The Kier molecular flexibility index (Phi) is 3.84. The van der Waals surface area contributed by atoms with Gasteiger partial charge in [0.1, 0.15) is 5.60 Å². The van der Waals surface area contributed by atoms with E-state index in [4.69, 9.17) is 4.74 Å². The van der Waals surface area contributed by atoms with Crippen LogP contribution in [0.5, 0.6) is 0 Å². The highest BCUT2D eigenvalue weighted by Crippen LogP contribution is 2.25. The number of rotatable bonds is 3. The van der Waals surface area contributed by atoms with E-state index in [-0.39, 0.29) is 5.97 Å². The number of esters is 1. The quantitative estimate of drug-likeness (QED) is 0.868. The van der Waals surface area contributed by atoms with Gasteiger partial charge in [-0.25, -0.2) is 4.79 Å². The number of aromatic amines is 1. The topological polar surface area (TPSA) is 55.0 Å². The molecular formula is C16H22N2O2. The van der Waals surface area contributed by atoms with Crippen molar-refractivity contribution in [1.29, 1.82) is 0 Å². The van der Waals surface area contributed by atoms with Crippen LogP contribution < -0.4 is 0 Å². The normalized spacial score (nSPS) is 12.1. The number of carbonyl (C=O) groups is 1. The van der Waals surface area contributed by atoms with E-state index in [9.17, 15) is 4.79 Å². The first-order valence-corrected chi connectivity index (χ1v) is 6.96. The van der Waals surface area contributed by atoms with E-state index >= 15 is 0 Å². The summed E-state index contributed by atoms with van der Waals surface area (Å²) in [6, 6.07) is 3.71. The van der Waals surface area contributed by atoms with Gasteiger partial charge in [-0.05, 0) is 50.8 Å². The van der Waals surface area contributed by atoms with Gasteiger partial charge in [-0.2, -0.15) is 5.10 Å². The number of hydrogen-bond acceptors (Lipinski definition) is 3. The summed E-state index contributed by atoms with van der Waals surface area (Å²) in [5.41, 5.74) is 2.12. The van der Waals surface area contributed by atoms with Crippen LogP contribution in [0.2, 0.25) is 0 Å². The van der Waals surface area contributed by atoms with Gasteiger partial charge in [0.15, 0.2) is 0 Å². The Balaban J connectivity index is 2.48. The Bertz CT molecular complexity index is 621. The number of fused-ring (bicyclic) bond motifs is 1. The molecule has 0 fully saturated rings. The Morgan fingerprint density at radius 1 is 1.35 bits per heavy atom. The molecule has 0 aliphatic heterocycles. The van der Waals surface area contributed by atoms with Gasteiger partial charge in [-0.15, -0.1) is 0 Å². The zero-order chi connectivity index (χ0) is 14.9. The summed E-state index contributed by atoms with van der Waals surface area (Å²) in [5.74, 6) is 0.188. The molecule has 1 heterocycles. The van der Waals surface area contributed by atoms with Crippen LogP contribution in [0.3, 0.4) is 0 Å². The van der Waals surface area contributed by atoms with Gasteiger partial charge in [-0.3, -0.25) is 5.10 Å². The van der Waals surface area contributed by atoms with Crippen LogP contribution in [0, 0.1) is 5.92 Å². The summed E-state index contributed by atoms with van der Waals surface area (Å²) in [6.07, 6.45) is 2.60. The largest absolute Gasteiger partial charge is 0.456 e. The Morgan fingerprint density at radius 2 is 2.05 bits per heavy atom. The van der Waals surface area contributed by atoms with Crippen molar-refractivity contribution >= 4 is 16.9 Å². The number of nitrogens with one attached hydrogen (secondary N) is 1. The summed E-state index contributed by atoms with van der Waals surface area (Å²) in [5, 5.41) is 8.01. The molecule has 4 heteroatoms. The van der Waals surface area contributed by atoms with Crippen LogP contribution in [0.25, 0.3) is 10.9 Å².